The van der Waals surface area contributed by atoms with Gasteiger partial charge in [0.25, 0.3) is 0 Å². The van der Waals surface area contributed by atoms with Gasteiger partial charge in [0.15, 0.2) is 0 Å². The molecule has 0 spiro atoms. The van der Waals surface area contributed by atoms with Crippen LogP contribution in [0, 0.1) is 23.2 Å². The number of hydrogen-bond acceptors (Lipinski definition) is 4. The SMILES string of the molecule is N#CC1C2C(=O)N(c3ccccc3)C(=O)C2C2c3ccccc3C=CN12. The van der Waals surface area contributed by atoms with Crippen LogP contribution < -0.4 is 4.90 Å². The molecule has 0 aromatic heterocycles. The molecule has 0 N–H and O–H groups in total. The lowest BCUT2D eigenvalue weighted by atomic mass is 9.85. The van der Waals surface area contributed by atoms with Crippen molar-refractivity contribution < 1.29 is 9.59 Å². The molecule has 26 heavy (non-hydrogen) atoms. The summed E-state index contributed by atoms with van der Waals surface area (Å²) in [5.74, 6) is -1.69. The molecule has 2 amide bonds. The second kappa shape index (κ2) is 5.30. The number of hydrogen-bond donors (Lipinski definition) is 0. The van der Waals surface area contributed by atoms with Crippen LogP contribution in [-0.2, 0) is 9.59 Å². The van der Waals surface area contributed by atoms with Gasteiger partial charge in [-0.1, -0.05) is 42.5 Å². The monoisotopic (exact) mass is 341 g/mol. The van der Waals surface area contributed by atoms with Crippen molar-refractivity contribution in [2.24, 2.45) is 11.8 Å². The fourth-order valence-electron chi connectivity index (χ4n) is 4.54. The van der Waals surface area contributed by atoms with E-state index >= 15 is 0 Å². The van der Waals surface area contributed by atoms with Gasteiger partial charge in [0.1, 0.15) is 6.04 Å². The van der Waals surface area contributed by atoms with E-state index in [2.05, 4.69) is 6.07 Å². The molecule has 4 unspecified atom stereocenters. The molecule has 5 rings (SSSR count). The van der Waals surface area contributed by atoms with Crippen molar-refractivity contribution in [2.45, 2.75) is 12.1 Å². The third kappa shape index (κ3) is 1.79. The molecule has 126 valence electrons. The first kappa shape index (κ1) is 14.9. The number of rotatable bonds is 1. The number of carbonyl (C=O) groups is 2. The van der Waals surface area contributed by atoms with E-state index in [9.17, 15) is 14.9 Å². The molecule has 2 aromatic carbocycles. The number of fused-ring (bicyclic) bond motifs is 5. The van der Waals surface area contributed by atoms with E-state index in [1.54, 1.807) is 24.3 Å². The minimum Gasteiger partial charge on any atom is -0.353 e. The zero-order valence-electron chi connectivity index (χ0n) is 13.8. The van der Waals surface area contributed by atoms with Gasteiger partial charge in [0, 0.05) is 6.20 Å². The molecule has 4 atom stereocenters. The summed E-state index contributed by atoms with van der Waals surface area (Å²) in [7, 11) is 0. The lowest BCUT2D eigenvalue weighted by Crippen LogP contribution is -2.40. The highest BCUT2D eigenvalue weighted by atomic mass is 16.2. The van der Waals surface area contributed by atoms with Crippen LogP contribution >= 0.6 is 0 Å². The number of anilines is 1. The Balaban J connectivity index is 1.65. The molecular formula is C21H15N3O2. The second-order valence-corrected chi connectivity index (χ2v) is 6.81. The smallest absolute Gasteiger partial charge is 0.240 e. The van der Waals surface area contributed by atoms with E-state index < -0.39 is 17.9 Å². The van der Waals surface area contributed by atoms with Crippen molar-refractivity contribution in [1.29, 1.82) is 5.26 Å². The summed E-state index contributed by atoms with van der Waals surface area (Å²) in [4.78, 5) is 29.5. The summed E-state index contributed by atoms with van der Waals surface area (Å²) in [5, 5.41) is 9.75. The van der Waals surface area contributed by atoms with Crippen molar-refractivity contribution in [3.63, 3.8) is 0 Å². The average Bonchev–Trinajstić information content (AvgIpc) is 3.15. The van der Waals surface area contributed by atoms with Gasteiger partial charge < -0.3 is 4.90 Å². The summed E-state index contributed by atoms with van der Waals surface area (Å²) in [6.07, 6.45) is 3.80. The van der Waals surface area contributed by atoms with E-state index in [1.165, 1.54) is 4.90 Å². The third-order valence-corrected chi connectivity index (χ3v) is 5.61. The zero-order chi connectivity index (χ0) is 17.8. The number of nitrogens with zero attached hydrogens (tertiary/aromatic N) is 3. The molecule has 5 nitrogen and oxygen atoms in total. The Hall–Kier alpha value is -3.39. The van der Waals surface area contributed by atoms with Crippen LogP contribution in [-0.4, -0.2) is 22.8 Å². The van der Waals surface area contributed by atoms with Gasteiger partial charge in [-0.15, -0.1) is 0 Å². The molecule has 5 heteroatoms. The van der Waals surface area contributed by atoms with Crippen LogP contribution in [0.2, 0.25) is 0 Å². The van der Waals surface area contributed by atoms with Crippen LogP contribution in [0.1, 0.15) is 17.2 Å². The van der Waals surface area contributed by atoms with Crippen LogP contribution in [0.25, 0.3) is 6.08 Å². The first-order valence-corrected chi connectivity index (χ1v) is 8.59. The summed E-state index contributed by atoms with van der Waals surface area (Å²) in [6.45, 7) is 0. The molecule has 0 radical (unpaired) electrons. The number of nitriles is 1. The van der Waals surface area contributed by atoms with Gasteiger partial charge in [-0.05, 0) is 29.3 Å². The van der Waals surface area contributed by atoms with Crippen LogP contribution in [0.5, 0.6) is 0 Å². The zero-order valence-corrected chi connectivity index (χ0v) is 13.8. The first-order valence-electron chi connectivity index (χ1n) is 8.59. The molecular weight excluding hydrogens is 326 g/mol. The van der Waals surface area contributed by atoms with Gasteiger partial charge in [-0.2, -0.15) is 5.26 Å². The van der Waals surface area contributed by atoms with Gasteiger partial charge in [-0.3, -0.25) is 9.59 Å². The Bertz CT molecular complexity index is 992. The number of amides is 2. The number of para-hydroxylation sites is 1. The van der Waals surface area contributed by atoms with Crippen LogP contribution in [0.15, 0.2) is 60.8 Å². The second-order valence-electron chi connectivity index (χ2n) is 6.81. The maximum Gasteiger partial charge on any atom is 0.240 e. The predicted octanol–water partition coefficient (Wildman–Crippen LogP) is 2.73. The van der Waals surface area contributed by atoms with Gasteiger partial charge in [0.05, 0.1) is 29.6 Å². The van der Waals surface area contributed by atoms with Gasteiger partial charge in [-0.25, -0.2) is 4.90 Å². The summed E-state index contributed by atoms with van der Waals surface area (Å²) >= 11 is 0. The van der Waals surface area contributed by atoms with E-state index in [0.29, 0.717) is 5.69 Å². The summed E-state index contributed by atoms with van der Waals surface area (Å²) in [6, 6.07) is 18.2. The van der Waals surface area contributed by atoms with Gasteiger partial charge in [0.2, 0.25) is 11.8 Å². The van der Waals surface area contributed by atoms with E-state index in [0.717, 1.165) is 11.1 Å². The Morgan fingerprint density at radius 1 is 0.885 bits per heavy atom. The molecule has 0 saturated carbocycles. The topological polar surface area (TPSA) is 64.4 Å². The normalized spacial score (nSPS) is 28.6. The van der Waals surface area contributed by atoms with Crippen molar-refractivity contribution in [3.8, 4) is 6.07 Å². The third-order valence-electron chi connectivity index (χ3n) is 5.61. The highest BCUT2D eigenvalue weighted by molar-refractivity contribution is 6.23. The summed E-state index contributed by atoms with van der Waals surface area (Å²) < 4.78 is 0. The maximum absolute atomic E-state index is 13.3. The van der Waals surface area contributed by atoms with E-state index in [-0.39, 0.29) is 17.9 Å². The van der Waals surface area contributed by atoms with Crippen molar-refractivity contribution in [3.05, 3.63) is 71.9 Å². The van der Waals surface area contributed by atoms with E-state index in [4.69, 9.17) is 0 Å². The molecule has 3 heterocycles. The largest absolute Gasteiger partial charge is 0.353 e. The minimum absolute atomic E-state index is 0.218. The number of imide groups is 1. The van der Waals surface area contributed by atoms with Crippen molar-refractivity contribution in [2.75, 3.05) is 4.90 Å². The number of benzene rings is 2. The molecule has 2 aromatic rings. The molecule has 3 aliphatic rings. The standard InChI is InChI=1S/C21H15N3O2/c22-12-16-17-18(19-15-9-5-4-6-13(15)10-11-23(16)19)21(26)24(20(17)25)14-7-2-1-3-8-14/h1-11,16-19H. The Kier molecular flexibility index (Phi) is 3.04. The fraction of sp³-hybridized carbons (Fsp3) is 0.190. The van der Waals surface area contributed by atoms with E-state index in [1.807, 2.05) is 47.5 Å². The minimum atomic E-state index is -0.645. The Labute approximate surface area is 150 Å². The Morgan fingerprint density at radius 2 is 1.58 bits per heavy atom. The predicted molar refractivity (Wildman–Crippen MR) is 95.4 cm³/mol. The highest BCUT2D eigenvalue weighted by Gasteiger charge is 2.63. The Morgan fingerprint density at radius 3 is 2.35 bits per heavy atom. The summed E-state index contributed by atoms with van der Waals surface area (Å²) in [5.41, 5.74) is 2.60. The highest BCUT2D eigenvalue weighted by Crippen LogP contribution is 2.52. The molecule has 3 aliphatic heterocycles. The number of carbonyl (C=O) groups excluding carboxylic acids is 2. The molecule has 2 fully saturated rings. The molecule has 0 bridgehead atoms. The quantitative estimate of drug-likeness (QED) is 0.748. The van der Waals surface area contributed by atoms with Crippen molar-refractivity contribution in [1.82, 2.24) is 4.90 Å². The maximum atomic E-state index is 13.3. The lowest BCUT2D eigenvalue weighted by Gasteiger charge is -2.33. The van der Waals surface area contributed by atoms with Crippen LogP contribution in [0.3, 0.4) is 0 Å². The van der Waals surface area contributed by atoms with Crippen molar-refractivity contribution >= 4 is 23.6 Å². The average molecular weight is 341 g/mol. The molecule has 2 saturated heterocycles. The lowest BCUT2D eigenvalue weighted by molar-refractivity contribution is -0.123. The first-order chi connectivity index (χ1) is 12.7. The van der Waals surface area contributed by atoms with Crippen LogP contribution in [0.4, 0.5) is 5.69 Å². The molecule has 0 aliphatic carbocycles. The van der Waals surface area contributed by atoms with Gasteiger partial charge >= 0.3 is 0 Å². The fourth-order valence-corrected chi connectivity index (χ4v) is 4.54.